The number of nitrogens with zero attached hydrogens (tertiary/aromatic N) is 3. The Labute approximate surface area is 120 Å². The second-order valence-electron chi connectivity index (χ2n) is 3.70. The van der Waals surface area contributed by atoms with Crippen LogP contribution in [0, 0.1) is 11.3 Å². The van der Waals surface area contributed by atoms with Gasteiger partial charge in [-0.2, -0.15) is 5.26 Å². The van der Waals surface area contributed by atoms with Crippen LogP contribution in [-0.4, -0.2) is 24.2 Å². The Balaban J connectivity index is 2.40. The molecule has 0 aliphatic heterocycles. The SMILES string of the molecule is COc1cc(C#N)ccc1Nc1ncnc(Cl)c1OC. The van der Waals surface area contributed by atoms with Gasteiger partial charge < -0.3 is 14.8 Å². The van der Waals surface area contributed by atoms with E-state index in [4.69, 9.17) is 26.3 Å². The summed E-state index contributed by atoms with van der Waals surface area (Å²) in [6.07, 6.45) is 1.32. The first-order valence-electron chi connectivity index (χ1n) is 5.59. The molecule has 6 nitrogen and oxygen atoms in total. The molecule has 0 amide bonds. The van der Waals surface area contributed by atoms with E-state index in [9.17, 15) is 0 Å². The van der Waals surface area contributed by atoms with Crippen LogP contribution in [0.25, 0.3) is 0 Å². The second-order valence-corrected chi connectivity index (χ2v) is 4.06. The van der Waals surface area contributed by atoms with Gasteiger partial charge in [0.1, 0.15) is 12.1 Å². The van der Waals surface area contributed by atoms with Gasteiger partial charge in [-0.15, -0.1) is 0 Å². The Morgan fingerprint density at radius 1 is 1.25 bits per heavy atom. The lowest BCUT2D eigenvalue weighted by atomic mass is 10.2. The normalized spacial score (nSPS) is 9.70. The highest BCUT2D eigenvalue weighted by molar-refractivity contribution is 6.31. The van der Waals surface area contributed by atoms with Crippen molar-refractivity contribution in [2.24, 2.45) is 0 Å². The van der Waals surface area contributed by atoms with E-state index in [1.54, 1.807) is 18.2 Å². The molecule has 2 rings (SSSR count). The molecule has 0 atom stereocenters. The molecule has 1 aromatic heterocycles. The molecule has 2 aromatic rings. The molecule has 1 N–H and O–H groups in total. The minimum Gasteiger partial charge on any atom is -0.495 e. The van der Waals surface area contributed by atoms with Gasteiger partial charge in [0.25, 0.3) is 0 Å². The number of methoxy groups -OCH3 is 2. The van der Waals surface area contributed by atoms with Crippen molar-refractivity contribution in [3.63, 3.8) is 0 Å². The summed E-state index contributed by atoms with van der Waals surface area (Å²) in [7, 11) is 3.00. The van der Waals surface area contributed by atoms with Gasteiger partial charge >= 0.3 is 0 Å². The number of anilines is 2. The van der Waals surface area contributed by atoms with Crippen molar-refractivity contribution < 1.29 is 9.47 Å². The van der Waals surface area contributed by atoms with Gasteiger partial charge in [0.05, 0.1) is 31.5 Å². The van der Waals surface area contributed by atoms with Crippen LogP contribution >= 0.6 is 11.6 Å². The third kappa shape index (κ3) is 2.73. The third-order valence-corrected chi connectivity index (χ3v) is 2.82. The predicted octanol–water partition coefficient (Wildman–Crippen LogP) is 2.76. The molecular formula is C13H11ClN4O2. The number of ether oxygens (including phenoxy) is 2. The molecule has 0 unspecified atom stereocenters. The molecule has 1 heterocycles. The van der Waals surface area contributed by atoms with Crippen LogP contribution in [-0.2, 0) is 0 Å². The van der Waals surface area contributed by atoms with Crippen molar-refractivity contribution in [2.45, 2.75) is 0 Å². The monoisotopic (exact) mass is 290 g/mol. The Hall–Kier alpha value is -2.52. The van der Waals surface area contributed by atoms with Crippen molar-refractivity contribution in [1.82, 2.24) is 9.97 Å². The van der Waals surface area contributed by atoms with Crippen LogP contribution in [0.4, 0.5) is 11.5 Å². The van der Waals surface area contributed by atoms with Crippen molar-refractivity contribution >= 4 is 23.1 Å². The number of rotatable bonds is 4. The smallest absolute Gasteiger partial charge is 0.199 e. The zero-order valence-corrected chi connectivity index (χ0v) is 11.6. The molecule has 0 fully saturated rings. The lowest BCUT2D eigenvalue weighted by Gasteiger charge is -2.13. The number of nitrogens with one attached hydrogen (secondary N) is 1. The third-order valence-electron chi connectivity index (χ3n) is 2.55. The van der Waals surface area contributed by atoms with Crippen molar-refractivity contribution in [3.8, 4) is 17.6 Å². The van der Waals surface area contributed by atoms with E-state index in [0.29, 0.717) is 28.6 Å². The number of aromatic nitrogens is 2. The fourth-order valence-corrected chi connectivity index (χ4v) is 1.82. The molecule has 102 valence electrons. The van der Waals surface area contributed by atoms with Crippen LogP contribution in [0.3, 0.4) is 0 Å². The molecule has 0 radical (unpaired) electrons. The van der Waals surface area contributed by atoms with Crippen molar-refractivity contribution in [3.05, 3.63) is 35.2 Å². The minimum atomic E-state index is 0.206. The highest BCUT2D eigenvalue weighted by Gasteiger charge is 2.12. The number of benzene rings is 1. The first kappa shape index (κ1) is 13.9. The molecule has 0 aliphatic rings. The highest BCUT2D eigenvalue weighted by Crippen LogP contribution is 2.34. The molecule has 0 spiro atoms. The fourth-order valence-electron chi connectivity index (χ4n) is 1.61. The molecule has 0 bridgehead atoms. The van der Waals surface area contributed by atoms with Crippen LogP contribution in [0.5, 0.6) is 11.5 Å². The van der Waals surface area contributed by atoms with Gasteiger partial charge in [-0.1, -0.05) is 11.6 Å². The average molecular weight is 291 g/mol. The molecule has 20 heavy (non-hydrogen) atoms. The Kier molecular flexibility index (Phi) is 4.23. The van der Waals surface area contributed by atoms with Gasteiger partial charge in [-0.25, -0.2) is 9.97 Å². The van der Waals surface area contributed by atoms with Gasteiger partial charge in [0.2, 0.25) is 0 Å². The van der Waals surface area contributed by atoms with Gasteiger partial charge in [-0.05, 0) is 12.1 Å². The first-order valence-corrected chi connectivity index (χ1v) is 5.97. The molecule has 0 saturated carbocycles. The van der Waals surface area contributed by atoms with E-state index in [-0.39, 0.29) is 5.15 Å². The van der Waals surface area contributed by atoms with Crippen LogP contribution in [0.15, 0.2) is 24.5 Å². The molecule has 7 heteroatoms. The zero-order chi connectivity index (χ0) is 14.5. The summed E-state index contributed by atoms with van der Waals surface area (Å²) < 4.78 is 10.4. The maximum atomic E-state index is 8.87. The van der Waals surface area contributed by atoms with Gasteiger partial charge in [0.15, 0.2) is 16.7 Å². The topological polar surface area (TPSA) is 80.1 Å². The van der Waals surface area contributed by atoms with Crippen molar-refractivity contribution in [2.75, 3.05) is 19.5 Å². The summed E-state index contributed by atoms with van der Waals surface area (Å²) in [5.74, 6) is 1.26. The summed E-state index contributed by atoms with van der Waals surface area (Å²) >= 11 is 5.93. The maximum absolute atomic E-state index is 8.87. The van der Waals surface area contributed by atoms with Gasteiger partial charge in [-0.3, -0.25) is 0 Å². The van der Waals surface area contributed by atoms with E-state index in [0.717, 1.165) is 0 Å². The summed E-state index contributed by atoms with van der Waals surface area (Å²) in [6.45, 7) is 0. The van der Waals surface area contributed by atoms with Crippen LogP contribution in [0.2, 0.25) is 5.15 Å². The number of hydrogen-bond acceptors (Lipinski definition) is 6. The predicted molar refractivity (Wildman–Crippen MR) is 74.6 cm³/mol. The van der Waals surface area contributed by atoms with Crippen molar-refractivity contribution in [1.29, 1.82) is 5.26 Å². The Bertz CT molecular complexity index is 670. The number of nitriles is 1. The maximum Gasteiger partial charge on any atom is 0.199 e. The minimum absolute atomic E-state index is 0.206. The lowest BCUT2D eigenvalue weighted by molar-refractivity contribution is 0.412. The summed E-state index contributed by atoms with van der Waals surface area (Å²) in [5, 5.41) is 12.1. The second kappa shape index (κ2) is 6.08. The quantitative estimate of drug-likeness (QED) is 0.872. The summed E-state index contributed by atoms with van der Waals surface area (Å²) in [4.78, 5) is 7.91. The highest BCUT2D eigenvalue weighted by atomic mass is 35.5. The Morgan fingerprint density at radius 3 is 2.70 bits per heavy atom. The number of hydrogen-bond donors (Lipinski definition) is 1. The van der Waals surface area contributed by atoms with Gasteiger partial charge in [0, 0.05) is 6.07 Å². The number of halogens is 1. The standard InChI is InChI=1S/C13H11ClN4O2/c1-19-10-5-8(6-15)3-4-9(10)18-13-11(20-2)12(14)16-7-17-13/h3-5,7H,1-2H3,(H,16,17,18). The molecular weight excluding hydrogens is 280 g/mol. The average Bonchev–Trinajstić information content (AvgIpc) is 2.48. The Morgan fingerprint density at radius 2 is 2.05 bits per heavy atom. The first-order chi connectivity index (χ1) is 9.69. The largest absolute Gasteiger partial charge is 0.495 e. The van der Waals surface area contributed by atoms with E-state index < -0.39 is 0 Å². The molecule has 0 saturated heterocycles. The van der Waals surface area contributed by atoms with Crippen LogP contribution < -0.4 is 14.8 Å². The lowest BCUT2D eigenvalue weighted by Crippen LogP contribution is -2.01. The molecule has 1 aromatic carbocycles. The zero-order valence-electron chi connectivity index (χ0n) is 10.8. The summed E-state index contributed by atoms with van der Waals surface area (Å²) in [5.41, 5.74) is 1.14. The van der Waals surface area contributed by atoms with E-state index in [1.165, 1.54) is 20.5 Å². The fraction of sp³-hybridized carbons (Fsp3) is 0.154. The summed E-state index contributed by atoms with van der Waals surface area (Å²) in [6, 6.07) is 7.05. The molecule has 0 aliphatic carbocycles. The van der Waals surface area contributed by atoms with E-state index in [1.807, 2.05) is 6.07 Å². The van der Waals surface area contributed by atoms with Crippen LogP contribution in [0.1, 0.15) is 5.56 Å². The van der Waals surface area contributed by atoms with E-state index >= 15 is 0 Å². The van der Waals surface area contributed by atoms with E-state index in [2.05, 4.69) is 15.3 Å².